The van der Waals surface area contributed by atoms with Crippen molar-refractivity contribution in [2.24, 2.45) is 0 Å². The standard InChI is InChI=1S/C13H18N2O4S/c1-2-10-3-4-11(13(16)17)9-12(10)20(18,19)15-7-5-14-6-8-15/h3-4,9,14H,2,5-8H2,1H3,(H,16,17). The lowest BCUT2D eigenvalue weighted by molar-refractivity contribution is 0.0696. The zero-order chi connectivity index (χ0) is 14.8. The van der Waals surface area contributed by atoms with Crippen molar-refractivity contribution in [1.82, 2.24) is 9.62 Å². The van der Waals surface area contributed by atoms with Crippen molar-refractivity contribution in [2.75, 3.05) is 26.2 Å². The van der Waals surface area contributed by atoms with Crippen LogP contribution in [0.2, 0.25) is 0 Å². The molecule has 0 unspecified atom stereocenters. The zero-order valence-corrected chi connectivity index (χ0v) is 12.1. The number of sulfonamides is 1. The number of piperazine rings is 1. The van der Waals surface area contributed by atoms with Crippen molar-refractivity contribution in [1.29, 1.82) is 0 Å². The number of hydrogen-bond acceptors (Lipinski definition) is 4. The van der Waals surface area contributed by atoms with Crippen LogP contribution in [0.5, 0.6) is 0 Å². The van der Waals surface area contributed by atoms with Gasteiger partial charge in [-0.15, -0.1) is 0 Å². The van der Waals surface area contributed by atoms with Gasteiger partial charge in [0.05, 0.1) is 10.5 Å². The fourth-order valence-corrected chi connectivity index (χ4v) is 4.00. The van der Waals surface area contributed by atoms with E-state index in [1.54, 1.807) is 6.07 Å². The Hall–Kier alpha value is -1.44. The van der Waals surface area contributed by atoms with Crippen LogP contribution in [0.4, 0.5) is 0 Å². The van der Waals surface area contributed by atoms with Gasteiger partial charge in [-0.25, -0.2) is 13.2 Å². The Morgan fingerprint density at radius 2 is 2.00 bits per heavy atom. The largest absolute Gasteiger partial charge is 0.478 e. The number of nitrogens with zero attached hydrogens (tertiary/aromatic N) is 1. The first kappa shape index (κ1) is 15.0. The topological polar surface area (TPSA) is 86.7 Å². The lowest BCUT2D eigenvalue weighted by Gasteiger charge is -2.27. The molecule has 1 aromatic rings. The molecule has 6 nitrogen and oxygen atoms in total. The molecular formula is C13H18N2O4S. The highest BCUT2D eigenvalue weighted by Gasteiger charge is 2.28. The van der Waals surface area contributed by atoms with Crippen LogP contribution in [0, 0.1) is 0 Å². The molecule has 0 radical (unpaired) electrons. The van der Waals surface area contributed by atoms with Gasteiger partial charge in [-0.3, -0.25) is 0 Å². The highest BCUT2D eigenvalue weighted by atomic mass is 32.2. The quantitative estimate of drug-likeness (QED) is 0.847. The SMILES string of the molecule is CCc1ccc(C(=O)O)cc1S(=O)(=O)N1CCNCC1. The fourth-order valence-electron chi connectivity index (χ4n) is 2.24. The summed E-state index contributed by atoms with van der Waals surface area (Å²) >= 11 is 0. The predicted molar refractivity (Wildman–Crippen MR) is 74.4 cm³/mol. The van der Waals surface area contributed by atoms with Crippen LogP contribution < -0.4 is 5.32 Å². The summed E-state index contributed by atoms with van der Waals surface area (Å²) in [5.74, 6) is -1.12. The molecule has 0 saturated carbocycles. The van der Waals surface area contributed by atoms with E-state index in [9.17, 15) is 13.2 Å². The Balaban J connectivity index is 2.48. The van der Waals surface area contributed by atoms with Crippen LogP contribution in [-0.4, -0.2) is 50.0 Å². The van der Waals surface area contributed by atoms with Crippen molar-refractivity contribution in [2.45, 2.75) is 18.2 Å². The molecule has 1 fully saturated rings. The number of nitrogens with one attached hydrogen (secondary N) is 1. The summed E-state index contributed by atoms with van der Waals surface area (Å²) < 4.78 is 26.7. The molecule has 0 spiro atoms. The normalized spacial score (nSPS) is 17.1. The van der Waals surface area contributed by atoms with E-state index in [1.807, 2.05) is 6.92 Å². The van der Waals surface area contributed by atoms with Crippen LogP contribution in [0.1, 0.15) is 22.8 Å². The second kappa shape index (κ2) is 5.90. The first-order chi connectivity index (χ1) is 9.46. The lowest BCUT2D eigenvalue weighted by Crippen LogP contribution is -2.46. The van der Waals surface area contributed by atoms with Gasteiger partial charge in [-0.2, -0.15) is 4.31 Å². The fraction of sp³-hybridized carbons (Fsp3) is 0.462. The summed E-state index contributed by atoms with van der Waals surface area (Å²) in [6.45, 7) is 3.89. The molecule has 110 valence electrons. The van der Waals surface area contributed by atoms with Crippen LogP contribution in [0.25, 0.3) is 0 Å². The molecule has 1 aromatic carbocycles. The molecule has 1 saturated heterocycles. The van der Waals surface area contributed by atoms with E-state index >= 15 is 0 Å². The number of aryl methyl sites for hydroxylation is 1. The van der Waals surface area contributed by atoms with Gasteiger partial charge < -0.3 is 10.4 Å². The van der Waals surface area contributed by atoms with Gasteiger partial charge in [0.2, 0.25) is 10.0 Å². The van der Waals surface area contributed by atoms with Crippen molar-refractivity contribution in [3.05, 3.63) is 29.3 Å². The molecule has 1 heterocycles. The summed E-state index contributed by atoms with van der Waals surface area (Å²) in [7, 11) is -3.63. The highest BCUT2D eigenvalue weighted by molar-refractivity contribution is 7.89. The molecule has 7 heteroatoms. The molecule has 0 atom stereocenters. The molecule has 0 aliphatic carbocycles. The zero-order valence-electron chi connectivity index (χ0n) is 11.3. The second-order valence-electron chi connectivity index (χ2n) is 4.64. The second-order valence-corrected chi connectivity index (χ2v) is 6.54. The van der Waals surface area contributed by atoms with E-state index < -0.39 is 16.0 Å². The van der Waals surface area contributed by atoms with Crippen LogP contribution in [0.15, 0.2) is 23.1 Å². The van der Waals surface area contributed by atoms with Crippen LogP contribution >= 0.6 is 0 Å². The van der Waals surface area contributed by atoms with E-state index in [2.05, 4.69) is 5.32 Å². The Bertz CT molecular complexity index is 607. The number of carbonyl (C=O) groups is 1. The number of aromatic carboxylic acids is 1. The van der Waals surface area contributed by atoms with E-state index in [4.69, 9.17) is 5.11 Å². The summed E-state index contributed by atoms with van der Waals surface area (Å²) in [4.78, 5) is 11.2. The molecule has 0 bridgehead atoms. The van der Waals surface area contributed by atoms with Crippen molar-refractivity contribution < 1.29 is 18.3 Å². The third-order valence-electron chi connectivity index (χ3n) is 3.39. The lowest BCUT2D eigenvalue weighted by atomic mass is 10.1. The molecule has 2 rings (SSSR count). The number of carboxylic acids is 1. The number of carboxylic acid groups (broad SMARTS) is 1. The van der Waals surface area contributed by atoms with Crippen LogP contribution in [0.3, 0.4) is 0 Å². The first-order valence-corrected chi connectivity index (χ1v) is 7.98. The number of benzene rings is 1. The summed E-state index contributed by atoms with van der Waals surface area (Å²) in [5.41, 5.74) is 0.643. The monoisotopic (exact) mass is 298 g/mol. The van der Waals surface area contributed by atoms with Crippen molar-refractivity contribution in [3.63, 3.8) is 0 Å². The first-order valence-electron chi connectivity index (χ1n) is 6.54. The van der Waals surface area contributed by atoms with Gasteiger partial charge in [0.1, 0.15) is 0 Å². The Morgan fingerprint density at radius 3 is 2.55 bits per heavy atom. The van der Waals surface area contributed by atoms with E-state index in [0.717, 1.165) is 0 Å². The van der Waals surface area contributed by atoms with E-state index in [1.165, 1.54) is 16.4 Å². The molecule has 0 amide bonds. The summed E-state index contributed by atoms with van der Waals surface area (Å²) in [6.07, 6.45) is 0.542. The minimum atomic E-state index is -3.63. The number of rotatable bonds is 4. The third-order valence-corrected chi connectivity index (χ3v) is 5.37. The Kier molecular flexibility index (Phi) is 4.42. The van der Waals surface area contributed by atoms with Gasteiger partial charge in [-0.1, -0.05) is 13.0 Å². The van der Waals surface area contributed by atoms with E-state index in [0.29, 0.717) is 38.2 Å². The molecular weight excluding hydrogens is 280 g/mol. The van der Waals surface area contributed by atoms with Gasteiger partial charge in [-0.05, 0) is 24.1 Å². The molecule has 0 aromatic heterocycles. The van der Waals surface area contributed by atoms with Gasteiger partial charge in [0, 0.05) is 26.2 Å². The summed E-state index contributed by atoms with van der Waals surface area (Å²) in [6, 6.07) is 4.29. The summed E-state index contributed by atoms with van der Waals surface area (Å²) in [5, 5.41) is 12.1. The average Bonchev–Trinajstić information content (AvgIpc) is 2.47. The molecule has 2 N–H and O–H groups in total. The van der Waals surface area contributed by atoms with E-state index in [-0.39, 0.29) is 10.5 Å². The van der Waals surface area contributed by atoms with Crippen molar-refractivity contribution >= 4 is 16.0 Å². The average molecular weight is 298 g/mol. The van der Waals surface area contributed by atoms with Gasteiger partial charge >= 0.3 is 5.97 Å². The number of hydrogen-bond donors (Lipinski definition) is 2. The molecule has 1 aliphatic heterocycles. The smallest absolute Gasteiger partial charge is 0.335 e. The maximum atomic E-state index is 12.6. The predicted octanol–water partition coefficient (Wildman–Crippen LogP) is 0.541. The Morgan fingerprint density at radius 1 is 1.35 bits per heavy atom. The maximum Gasteiger partial charge on any atom is 0.335 e. The van der Waals surface area contributed by atoms with Gasteiger partial charge in [0.25, 0.3) is 0 Å². The highest BCUT2D eigenvalue weighted by Crippen LogP contribution is 2.23. The minimum absolute atomic E-state index is 0.00379. The minimum Gasteiger partial charge on any atom is -0.478 e. The molecule has 20 heavy (non-hydrogen) atoms. The third kappa shape index (κ3) is 2.84. The Labute approximate surface area is 118 Å². The van der Waals surface area contributed by atoms with Crippen molar-refractivity contribution in [3.8, 4) is 0 Å². The van der Waals surface area contributed by atoms with Crippen LogP contribution in [-0.2, 0) is 16.4 Å². The maximum absolute atomic E-state index is 12.6. The molecule has 1 aliphatic rings. The van der Waals surface area contributed by atoms with Gasteiger partial charge in [0.15, 0.2) is 0 Å².